The minimum atomic E-state index is 0.0416. The molecule has 0 fully saturated rings. The van der Waals surface area contributed by atoms with Crippen LogP contribution in [0.3, 0.4) is 0 Å². The number of amides is 1. The Bertz CT molecular complexity index is 306. The molecule has 1 aromatic heterocycles. The van der Waals surface area contributed by atoms with E-state index >= 15 is 0 Å². The monoisotopic (exact) mass is 190 g/mol. The molecule has 1 heterocycles. The summed E-state index contributed by atoms with van der Waals surface area (Å²) >= 11 is 0. The van der Waals surface area contributed by atoms with Crippen molar-refractivity contribution in [3.05, 3.63) is 42.2 Å². The molecule has 1 aromatic rings. The van der Waals surface area contributed by atoms with Gasteiger partial charge in [0.05, 0.1) is 0 Å². The average Bonchev–Trinajstić information content (AvgIpc) is 2.25. The van der Waals surface area contributed by atoms with Crippen LogP contribution in [0, 0.1) is 0 Å². The summed E-state index contributed by atoms with van der Waals surface area (Å²) < 4.78 is 0. The lowest BCUT2D eigenvalue weighted by molar-refractivity contribution is -0.120. The fraction of sp³-hybridized carbons (Fsp3) is 0.273. The highest BCUT2D eigenvalue weighted by molar-refractivity contribution is 5.77. The largest absolute Gasteiger partial charge is 0.352 e. The van der Waals surface area contributed by atoms with Crippen LogP contribution < -0.4 is 5.32 Å². The number of pyridine rings is 1. The molecule has 1 amide bonds. The first kappa shape index (κ1) is 10.4. The van der Waals surface area contributed by atoms with Gasteiger partial charge in [-0.25, -0.2) is 0 Å². The summed E-state index contributed by atoms with van der Waals surface area (Å²) in [5, 5.41) is 2.82. The van der Waals surface area contributed by atoms with Crippen LogP contribution in [-0.4, -0.2) is 10.9 Å². The Kier molecular flexibility index (Phi) is 4.41. The number of rotatable bonds is 4. The molecule has 0 bridgehead atoms. The summed E-state index contributed by atoms with van der Waals surface area (Å²) in [4.78, 5) is 15.1. The van der Waals surface area contributed by atoms with Crippen LogP contribution >= 0.6 is 0 Å². The van der Waals surface area contributed by atoms with E-state index in [0.717, 1.165) is 5.56 Å². The second kappa shape index (κ2) is 5.91. The third kappa shape index (κ3) is 3.85. The maximum atomic E-state index is 11.2. The zero-order valence-electron chi connectivity index (χ0n) is 8.23. The lowest BCUT2D eigenvalue weighted by atomic mass is 10.2. The second-order valence-electron chi connectivity index (χ2n) is 2.91. The fourth-order valence-electron chi connectivity index (χ4n) is 0.998. The van der Waals surface area contributed by atoms with Gasteiger partial charge in [-0.05, 0) is 24.6 Å². The van der Waals surface area contributed by atoms with Gasteiger partial charge in [-0.1, -0.05) is 12.2 Å². The molecular weight excluding hydrogens is 176 g/mol. The van der Waals surface area contributed by atoms with Gasteiger partial charge in [0.1, 0.15) is 0 Å². The Morgan fingerprint density at radius 3 is 2.86 bits per heavy atom. The van der Waals surface area contributed by atoms with Gasteiger partial charge < -0.3 is 5.32 Å². The van der Waals surface area contributed by atoms with E-state index in [1.807, 2.05) is 31.2 Å². The van der Waals surface area contributed by atoms with Gasteiger partial charge in [0.15, 0.2) is 0 Å². The summed E-state index contributed by atoms with van der Waals surface area (Å²) in [6.07, 6.45) is 7.58. The maximum absolute atomic E-state index is 11.2. The zero-order valence-corrected chi connectivity index (χ0v) is 8.23. The van der Waals surface area contributed by atoms with Crippen molar-refractivity contribution in [1.82, 2.24) is 10.3 Å². The smallest absolute Gasteiger partial charge is 0.224 e. The summed E-state index contributed by atoms with van der Waals surface area (Å²) in [5.41, 5.74) is 1.06. The summed E-state index contributed by atoms with van der Waals surface area (Å²) in [6.45, 7) is 2.47. The highest BCUT2D eigenvalue weighted by Crippen LogP contribution is 1.95. The van der Waals surface area contributed by atoms with E-state index in [2.05, 4.69) is 10.3 Å². The topological polar surface area (TPSA) is 42.0 Å². The Balaban J connectivity index is 2.31. The first-order valence-corrected chi connectivity index (χ1v) is 4.59. The first-order chi connectivity index (χ1) is 6.83. The normalized spacial score (nSPS) is 10.4. The molecule has 1 N–H and O–H groups in total. The minimum absolute atomic E-state index is 0.0416. The van der Waals surface area contributed by atoms with Crippen LogP contribution in [0.1, 0.15) is 18.9 Å². The lowest BCUT2D eigenvalue weighted by Gasteiger charge is -2.02. The summed E-state index contributed by atoms with van der Waals surface area (Å²) in [6, 6.07) is 3.77. The van der Waals surface area contributed by atoms with E-state index in [9.17, 15) is 4.79 Å². The predicted molar refractivity (Wildman–Crippen MR) is 55.5 cm³/mol. The standard InChI is InChI=1S/C11H14N2O/c1-2-3-4-11(14)13-9-10-5-7-12-8-6-10/h2-3,5-8H,4,9H2,1H3,(H,13,14)/b3-2-. The minimum Gasteiger partial charge on any atom is -0.352 e. The zero-order chi connectivity index (χ0) is 10.2. The van der Waals surface area contributed by atoms with E-state index in [4.69, 9.17) is 0 Å². The molecule has 0 spiro atoms. The molecule has 0 aliphatic rings. The van der Waals surface area contributed by atoms with Gasteiger partial charge >= 0.3 is 0 Å². The molecule has 1 rings (SSSR count). The van der Waals surface area contributed by atoms with Crippen molar-refractivity contribution >= 4 is 5.91 Å². The Morgan fingerprint density at radius 2 is 2.21 bits per heavy atom. The number of hydrogen-bond donors (Lipinski definition) is 1. The lowest BCUT2D eigenvalue weighted by Crippen LogP contribution is -2.21. The molecule has 0 aromatic carbocycles. The molecule has 0 unspecified atom stereocenters. The van der Waals surface area contributed by atoms with Gasteiger partial charge in [-0.3, -0.25) is 9.78 Å². The van der Waals surface area contributed by atoms with E-state index in [-0.39, 0.29) is 5.91 Å². The third-order valence-electron chi connectivity index (χ3n) is 1.78. The number of carbonyl (C=O) groups is 1. The van der Waals surface area contributed by atoms with Crippen LogP contribution in [0.25, 0.3) is 0 Å². The molecule has 3 heteroatoms. The molecule has 0 aliphatic carbocycles. The number of hydrogen-bond acceptors (Lipinski definition) is 2. The molecule has 74 valence electrons. The van der Waals surface area contributed by atoms with Gasteiger partial charge in [-0.15, -0.1) is 0 Å². The van der Waals surface area contributed by atoms with Crippen LogP contribution in [-0.2, 0) is 11.3 Å². The number of allylic oxidation sites excluding steroid dienone is 1. The van der Waals surface area contributed by atoms with Crippen molar-refractivity contribution in [3.63, 3.8) is 0 Å². The SMILES string of the molecule is C/C=C\CC(=O)NCc1ccncc1. The Labute approximate surface area is 83.9 Å². The molecule has 0 radical (unpaired) electrons. The molecule has 0 saturated heterocycles. The van der Waals surface area contributed by atoms with Crippen molar-refractivity contribution < 1.29 is 4.79 Å². The maximum Gasteiger partial charge on any atom is 0.224 e. The Morgan fingerprint density at radius 1 is 1.50 bits per heavy atom. The summed E-state index contributed by atoms with van der Waals surface area (Å²) in [5.74, 6) is 0.0416. The number of carbonyl (C=O) groups excluding carboxylic acids is 1. The van der Waals surface area contributed by atoms with E-state index in [0.29, 0.717) is 13.0 Å². The number of nitrogens with zero attached hydrogens (tertiary/aromatic N) is 1. The Hall–Kier alpha value is -1.64. The number of aromatic nitrogens is 1. The van der Waals surface area contributed by atoms with Crippen LogP contribution in [0.2, 0.25) is 0 Å². The van der Waals surface area contributed by atoms with Crippen molar-refractivity contribution in [2.75, 3.05) is 0 Å². The number of nitrogens with one attached hydrogen (secondary N) is 1. The average molecular weight is 190 g/mol. The van der Waals surface area contributed by atoms with Gasteiger partial charge in [-0.2, -0.15) is 0 Å². The van der Waals surface area contributed by atoms with E-state index in [1.165, 1.54) is 0 Å². The fourth-order valence-corrected chi connectivity index (χ4v) is 0.998. The molecule has 0 saturated carbocycles. The molecule has 3 nitrogen and oxygen atoms in total. The van der Waals surface area contributed by atoms with E-state index < -0.39 is 0 Å². The van der Waals surface area contributed by atoms with E-state index in [1.54, 1.807) is 12.4 Å². The second-order valence-corrected chi connectivity index (χ2v) is 2.91. The van der Waals surface area contributed by atoms with Crippen molar-refractivity contribution in [1.29, 1.82) is 0 Å². The highest BCUT2D eigenvalue weighted by Gasteiger charge is 1.97. The van der Waals surface area contributed by atoms with Crippen molar-refractivity contribution in [3.8, 4) is 0 Å². The molecule has 14 heavy (non-hydrogen) atoms. The molecule has 0 atom stereocenters. The van der Waals surface area contributed by atoms with Crippen molar-refractivity contribution in [2.24, 2.45) is 0 Å². The third-order valence-corrected chi connectivity index (χ3v) is 1.78. The van der Waals surface area contributed by atoms with Gasteiger partial charge in [0, 0.05) is 25.4 Å². The first-order valence-electron chi connectivity index (χ1n) is 4.59. The van der Waals surface area contributed by atoms with Gasteiger partial charge in [0.2, 0.25) is 5.91 Å². The van der Waals surface area contributed by atoms with Crippen LogP contribution in [0.4, 0.5) is 0 Å². The molecular formula is C11H14N2O. The predicted octanol–water partition coefficient (Wildman–Crippen LogP) is 1.66. The highest BCUT2D eigenvalue weighted by atomic mass is 16.1. The van der Waals surface area contributed by atoms with Crippen molar-refractivity contribution in [2.45, 2.75) is 19.9 Å². The van der Waals surface area contributed by atoms with Crippen LogP contribution in [0.5, 0.6) is 0 Å². The summed E-state index contributed by atoms with van der Waals surface area (Å²) in [7, 11) is 0. The molecule has 0 aliphatic heterocycles. The van der Waals surface area contributed by atoms with Gasteiger partial charge in [0.25, 0.3) is 0 Å². The van der Waals surface area contributed by atoms with Crippen LogP contribution in [0.15, 0.2) is 36.7 Å². The quantitative estimate of drug-likeness (QED) is 0.734.